The van der Waals surface area contributed by atoms with Crippen LogP contribution in [0.2, 0.25) is 5.02 Å². The van der Waals surface area contributed by atoms with E-state index in [0.717, 1.165) is 18.4 Å². The van der Waals surface area contributed by atoms with Crippen molar-refractivity contribution < 1.29 is 9.59 Å². The second-order valence-corrected chi connectivity index (χ2v) is 6.73. The van der Waals surface area contributed by atoms with Crippen LogP contribution in [0.15, 0.2) is 24.3 Å². The lowest BCUT2D eigenvalue weighted by molar-refractivity contribution is -0.143. The van der Waals surface area contributed by atoms with E-state index in [2.05, 4.69) is 12.2 Å². The van der Waals surface area contributed by atoms with Gasteiger partial charge in [-0.25, -0.2) is 0 Å². The molecule has 1 aromatic rings. The first-order valence-corrected chi connectivity index (χ1v) is 8.65. The van der Waals surface area contributed by atoms with Crippen LogP contribution in [-0.4, -0.2) is 36.9 Å². The molecule has 0 aromatic heterocycles. The molecule has 1 aliphatic rings. The molecule has 2 amide bonds. The van der Waals surface area contributed by atoms with Gasteiger partial charge in [0.15, 0.2) is 0 Å². The van der Waals surface area contributed by atoms with E-state index >= 15 is 0 Å². The molecule has 0 heterocycles. The summed E-state index contributed by atoms with van der Waals surface area (Å²) in [5.74, 6) is -0.168. The van der Waals surface area contributed by atoms with E-state index in [1.54, 1.807) is 11.9 Å². The van der Waals surface area contributed by atoms with Crippen LogP contribution in [0.3, 0.4) is 0 Å². The Bertz CT molecular complexity index is 570. The molecule has 1 saturated carbocycles. The first-order chi connectivity index (χ1) is 11.0. The van der Waals surface area contributed by atoms with Gasteiger partial charge in [-0.1, -0.05) is 37.1 Å². The molecule has 1 aromatic carbocycles. The summed E-state index contributed by atoms with van der Waals surface area (Å²) in [5.41, 5.74) is 0.269. The monoisotopic (exact) mass is 336 g/mol. The van der Waals surface area contributed by atoms with Crippen LogP contribution < -0.4 is 5.32 Å². The molecule has 0 spiro atoms. The van der Waals surface area contributed by atoms with Crippen molar-refractivity contribution in [1.29, 1.82) is 0 Å². The highest BCUT2D eigenvalue weighted by Crippen LogP contribution is 2.47. The fourth-order valence-corrected chi connectivity index (χ4v) is 2.92. The van der Waals surface area contributed by atoms with Crippen LogP contribution in [-0.2, 0) is 16.0 Å². The summed E-state index contributed by atoms with van der Waals surface area (Å²) in [6.45, 7) is 3.33. The van der Waals surface area contributed by atoms with E-state index in [4.69, 9.17) is 11.6 Å². The van der Waals surface area contributed by atoms with Crippen molar-refractivity contribution in [3.8, 4) is 0 Å². The van der Waals surface area contributed by atoms with Gasteiger partial charge in [-0.2, -0.15) is 0 Å². The lowest BCUT2D eigenvalue weighted by atomic mass is 10.0. The zero-order valence-corrected chi connectivity index (χ0v) is 14.7. The lowest BCUT2D eigenvalue weighted by Crippen LogP contribution is -2.44. The average Bonchev–Trinajstić information content (AvgIpc) is 3.33. The van der Waals surface area contributed by atoms with Gasteiger partial charge in [0.1, 0.15) is 5.41 Å². The molecular weight excluding hydrogens is 312 g/mol. The Morgan fingerprint density at radius 3 is 2.70 bits per heavy atom. The van der Waals surface area contributed by atoms with Crippen molar-refractivity contribution >= 4 is 23.4 Å². The Labute approximate surface area is 143 Å². The summed E-state index contributed by atoms with van der Waals surface area (Å²) in [5, 5.41) is 3.61. The number of rotatable bonds is 8. The number of amides is 2. The molecule has 1 aliphatic carbocycles. The molecule has 126 valence electrons. The smallest absolute Gasteiger partial charge is 0.238 e. The fraction of sp³-hybridized carbons (Fsp3) is 0.556. The summed E-state index contributed by atoms with van der Waals surface area (Å²) < 4.78 is 0. The van der Waals surface area contributed by atoms with Crippen molar-refractivity contribution in [1.82, 2.24) is 10.2 Å². The summed E-state index contributed by atoms with van der Waals surface area (Å²) in [6, 6.07) is 7.60. The molecule has 1 fully saturated rings. The minimum atomic E-state index is -0.809. The van der Waals surface area contributed by atoms with Gasteiger partial charge in [-0.05, 0) is 43.4 Å². The lowest BCUT2D eigenvalue weighted by Gasteiger charge is -2.23. The maximum Gasteiger partial charge on any atom is 0.238 e. The zero-order chi connectivity index (χ0) is 16.9. The van der Waals surface area contributed by atoms with Gasteiger partial charge >= 0.3 is 0 Å². The molecule has 0 atom stereocenters. The summed E-state index contributed by atoms with van der Waals surface area (Å²) in [6.07, 6.45) is 4.03. The normalized spacial score (nSPS) is 15.1. The molecular formula is C18H25ClN2O2. The second kappa shape index (κ2) is 7.82. The first kappa shape index (κ1) is 17.8. The highest BCUT2D eigenvalue weighted by atomic mass is 35.5. The summed E-state index contributed by atoms with van der Waals surface area (Å²) in [4.78, 5) is 26.6. The summed E-state index contributed by atoms with van der Waals surface area (Å²) >= 11 is 5.95. The number of carbonyl (C=O) groups is 2. The molecule has 0 radical (unpaired) electrons. The molecule has 5 heteroatoms. The molecule has 4 nitrogen and oxygen atoms in total. The van der Waals surface area contributed by atoms with Gasteiger partial charge in [0.2, 0.25) is 11.8 Å². The molecule has 2 rings (SSSR count). The van der Waals surface area contributed by atoms with Crippen LogP contribution in [0.4, 0.5) is 0 Å². The van der Waals surface area contributed by atoms with Crippen LogP contribution in [0, 0.1) is 5.41 Å². The molecule has 0 unspecified atom stereocenters. The van der Waals surface area contributed by atoms with Crippen molar-refractivity contribution in [2.75, 3.05) is 20.1 Å². The van der Waals surface area contributed by atoms with Crippen LogP contribution in [0.1, 0.15) is 38.2 Å². The van der Waals surface area contributed by atoms with Gasteiger partial charge in [-0.15, -0.1) is 0 Å². The Morgan fingerprint density at radius 2 is 2.09 bits per heavy atom. The maximum absolute atomic E-state index is 12.5. The molecule has 23 heavy (non-hydrogen) atoms. The molecule has 1 N–H and O–H groups in total. The Hall–Kier alpha value is -1.55. The van der Waals surface area contributed by atoms with Crippen LogP contribution in [0.5, 0.6) is 0 Å². The standard InChI is InChI=1S/C18H25ClN2O2/c1-3-4-12-21(2)17(23)18(9-10-18)16(22)20-11-8-14-6-5-7-15(19)13-14/h5-7,13H,3-4,8-12H2,1-2H3,(H,20,22). The second-order valence-electron chi connectivity index (χ2n) is 6.30. The molecule has 0 aliphatic heterocycles. The Morgan fingerprint density at radius 1 is 1.35 bits per heavy atom. The predicted molar refractivity (Wildman–Crippen MR) is 92.4 cm³/mol. The minimum absolute atomic E-state index is 0.0359. The third-order valence-electron chi connectivity index (χ3n) is 4.38. The number of unbranched alkanes of at least 4 members (excludes halogenated alkanes) is 1. The van der Waals surface area contributed by atoms with Crippen molar-refractivity contribution in [2.24, 2.45) is 5.41 Å². The number of benzene rings is 1. The van der Waals surface area contributed by atoms with Crippen molar-refractivity contribution in [2.45, 2.75) is 39.0 Å². The van der Waals surface area contributed by atoms with E-state index in [1.165, 1.54) is 0 Å². The molecule has 0 saturated heterocycles. The first-order valence-electron chi connectivity index (χ1n) is 8.28. The van der Waals surface area contributed by atoms with E-state index in [9.17, 15) is 9.59 Å². The van der Waals surface area contributed by atoms with Crippen LogP contribution in [0.25, 0.3) is 0 Å². The highest BCUT2D eigenvalue weighted by Gasteiger charge is 2.57. The average molecular weight is 337 g/mol. The van der Waals surface area contributed by atoms with Gasteiger partial charge in [0.25, 0.3) is 0 Å². The largest absolute Gasteiger partial charge is 0.355 e. The number of halogens is 1. The topological polar surface area (TPSA) is 49.4 Å². The van der Waals surface area contributed by atoms with E-state index in [0.29, 0.717) is 37.4 Å². The number of carbonyl (C=O) groups excluding carboxylic acids is 2. The van der Waals surface area contributed by atoms with E-state index in [1.807, 2.05) is 24.3 Å². The Balaban J connectivity index is 1.84. The summed E-state index contributed by atoms with van der Waals surface area (Å²) in [7, 11) is 1.79. The SMILES string of the molecule is CCCCN(C)C(=O)C1(C(=O)NCCc2cccc(Cl)c2)CC1. The number of hydrogen-bond acceptors (Lipinski definition) is 2. The zero-order valence-electron chi connectivity index (χ0n) is 13.9. The number of nitrogens with one attached hydrogen (secondary N) is 1. The van der Waals surface area contributed by atoms with Crippen molar-refractivity contribution in [3.05, 3.63) is 34.9 Å². The van der Waals surface area contributed by atoms with E-state index in [-0.39, 0.29) is 11.8 Å². The highest BCUT2D eigenvalue weighted by molar-refractivity contribution is 6.30. The van der Waals surface area contributed by atoms with Gasteiger partial charge in [0, 0.05) is 25.2 Å². The van der Waals surface area contributed by atoms with Crippen molar-refractivity contribution in [3.63, 3.8) is 0 Å². The van der Waals surface area contributed by atoms with Gasteiger partial charge < -0.3 is 10.2 Å². The minimum Gasteiger partial charge on any atom is -0.355 e. The van der Waals surface area contributed by atoms with E-state index < -0.39 is 5.41 Å². The third kappa shape index (κ3) is 4.47. The fourth-order valence-electron chi connectivity index (χ4n) is 2.71. The maximum atomic E-state index is 12.5. The van der Waals surface area contributed by atoms with Crippen LogP contribution >= 0.6 is 11.6 Å². The number of hydrogen-bond donors (Lipinski definition) is 1. The Kier molecular flexibility index (Phi) is 6.05. The third-order valence-corrected chi connectivity index (χ3v) is 4.61. The quantitative estimate of drug-likeness (QED) is 0.742. The predicted octanol–water partition coefficient (Wildman–Crippen LogP) is 3.04. The molecule has 0 bridgehead atoms. The number of nitrogens with zero attached hydrogens (tertiary/aromatic N) is 1. The van der Waals surface area contributed by atoms with Gasteiger partial charge in [0.05, 0.1) is 0 Å². The van der Waals surface area contributed by atoms with Gasteiger partial charge in [-0.3, -0.25) is 9.59 Å².